The van der Waals surface area contributed by atoms with Crippen molar-refractivity contribution in [3.63, 3.8) is 0 Å². The molecule has 0 radical (unpaired) electrons. The second kappa shape index (κ2) is 9.66. The van der Waals surface area contributed by atoms with Gasteiger partial charge in [0.15, 0.2) is 23.0 Å². The number of halogens is 3. The molecule has 0 atom stereocenters. The van der Waals surface area contributed by atoms with Crippen molar-refractivity contribution >= 4 is 40.4 Å². The molecule has 3 rings (SSSR count). The van der Waals surface area contributed by atoms with Crippen molar-refractivity contribution in [2.24, 2.45) is 0 Å². The summed E-state index contributed by atoms with van der Waals surface area (Å²) in [6.07, 6.45) is 0.589. The number of thioether (sulfide) groups is 1. The molecule has 158 valence electrons. The van der Waals surface area contributed by atoms with E-state index in [0.29, 0.717) is 35.4 Å². The number of nitrogens with zero attached hydrogens (tertiary/aromatic N) is 2. The van der Waals surface area contributed by atoms with Gasteiger partial charge in [0.2, 0.25) is 11.8 Å². The monoisotopic (exact) mass is 437 g/mol. The number of benzene rings is 2. The molecule has 10 heteroatoms. The van der Waals surface area contributed by atoms with Crippen LogP contribution in [0.2, 0.25) is 0 Å². The first kappa shape index (κ1) is 21.7. The number of nitrogens with one attached hydrogen (secondary N) is 1. The van der Waals surface area contributed by atoms with Crippen molar-refractivity contribution in [3.05, 3.63) is 53.8 Å². The summed E-state index contributed by atoms with van der Waals surface area (Å²) in [7, 11) is 0. The number of rotatable bonds is 8. The minimum absolute atomic E-state index is 0.0142. The van der Waals surface area contributed by atoms with Gasteiger partial charge in [-0.1, -0.05) is 30.8 Å². The van der Waals surface area contributed by atoms with E-state index in [1.54, 1.807) is 12.1 Å². The van der Waals surface area contributed by atoms with Crippen molar-refractivity contribution in [1.29, 1.82) is 0 Å². The fourth-order valence-electron chi connectivity index (χ4n) is 2.67. The average Bonchev–Trinajstić information content (AvgIpc) is 3.15. The Morgan fingerprint density at radius 3 is 2.63 bits per heavy atom. The number of anilines is 1. The van der Waals surface area contributed by atoms with Gasteiger partial charge in [-0.2, -0.15) is 0 Å². The molecular weight excluding hydrogens is 419 g/mol. The summed E-state index contributed by atoms with van der Waals surface area (Å²) in [6, 6.07) is 8.81. The fourth-order valence-corrected chi connectivity index (χ4v) is 3.42. The lowest BCUT2D eigenvalue weighted by Gasteiger charge is -2.21. The number of carbonyl (C=O) groups excluding carboxylic acids is 2. The number of carbonyl (C=O) groups is 2. The highest BCUT2D eigenvalue weighted by Gasteiger charge is 2.20. The second-order valence-electron chi connectivity index (χ2n) is 6.32. The standard InChI is InChI=1S/C20H18F3N3O3S/c1-2-9-26(10-16(27)24-14-8-7-12(21)18(22)19(14)23)17(28)11-30-20-25-13-5-3-4-6-15(13)29-20/h3-8H,2,9-11H2,1H3,(H,24,27). The predicted molar refractivity (Wildman–Crippen MR) is 107 cm³/mol. The van der Waals surface area contributed by atoms with Gasteiger partial charge in [-0.3, -0.25) is 9.59 Å². The van der Waals surface area contributed by atoms with Crippen LogP contribution < -0.4 is 5.32 Å². The summed E-state index contributed by atoms with van der Waals surface area (Å²) in [4.78, 5) is 30.3. The maximum atomic E-state index is 13.7. The fraction of sp³-hybridized carbons (Fsp3) is 0.250. The van der Waals surface area contributed by atoms with E-state index in [1.165, 1.54) is 4.90 Å². The van der Waals surface area contributed by atoms with Gasteiger partial charge in [0.1, 0.15) is 5.52 Å². The van der Waals surface area contributed by atoms with Crippen LogP contribution in [0, 0.1) is 17.5 Å². The largest absolute Gasteiger partial charge is 0.431 e. The third-order valence-corrected chi connectivity index (χ3v) is 4.90. The Labute approximate surface area is 174 Å². The number of fused-ring (bicyclic) bond motifs is 1. The first-order valence-corrected chi connectivity index (χ1v) is 10.1. The third kappa shape index (κ3) is 5.12. The van der Waals surface area contributed by atoms with Crippen LogP contribution in [0.1, 0.15) is 13.3 Å². The van der Waals surface area contributed by atoms with E-state index in [4.69, 9.17) is 4.42 Å². The second-order valence-corrected chi connectivity index (χ2v) is 7.25. The molecule has 0 aliphatic carbocycles. The van der Waals surface area contributed by atoms with Crippen LogP contribution in [-0.2, 0) is 9.59 Å². The summed E-state index contributed by atoms with van der Waals surface area (Å²) in [5.74, 6) is -5.62. The highest BCUT2D eigenvalue weighted by molar-refractivity contribution is 7.99. The zero-order valence-corrected chi connectivity index (χ0v) is 16.8. The van der Waals surface area contributed by atoms with Gasteiger partial charge in [-0.15, -0.1) is 0 Å². The lowest BCUT2D eigenvalue weighted by Crippen LogP contribution is -2.39. The molecule has 6 nitrogen and oxygen atoms in total. The van der Waals surface area contributed by atoms with Crippen LogP contribution in [0.5, 0.6) is 0 Å². The molecule has 0 aliphatic heterocycles. The van der Waals surface area contributed by atoms with E-state index in [1.807, 2.05) is 19.1 Å². The summed E-state index contributed by atoms with van der Waals surface area (Å²) >= 11 is 1.09. The molecule has 2 amide bonds. The van der Waals surface area contributed by atoms with Gasteiger partial charge in [0.05, 0.1) is 18.0 Å². The van der Waals surface area contributed by atoms with Crippen LogP contribution >= 0.6 is 11.8 Å². The Hall–Kier alpha value is -3.01. The van der Waals surface area contributed by atoms with Gasteiger partial charge >= 0.3 is 0 Å². The smallest absolute Gasteiger partial charge is 0.257 e. The Bertz CT molecular complexity index is 1040. The number of oxazole rings is 1. The van der Waals surface area contributed by atoms with Crippen LogP contribution in [0.25, 0.3) is 11.1 Å². The molecule has 0 saturated heterocycles. The van der Waals surface area contributed by atoms with Crippen LogP contribution in [0.3, 0.4) is 0 Å². The first-order valence-electron chi connectivity index (χ1n) is 9.08. The van der Waals surface area contributed by atoms with Gasteiger partial charge in [-0.05, 0) is 30.7 Å². The summed E-state index contributed by atoms with van der Waals surface area (Å²) < 4.78 is 45.6. The summed E-state index contributed by atoms with van der Waals surface area (Å²) in [5.41, 5.74) is 0.778. The molecule has 2 aromatic carbocycles. The molecular formula is C20H18F3N3O3S. The van der Waals surface area contributed by atoms with Crippen molar-refractivity contribution < 1.29 is 27.2 Å². The molecule has 0 spiro atoms. The number of amides is 2. The molecule has 3 aromatic rings. The molecule has 1 heterocycles. The van der Waals surface area contributed by atoms with E-state index in [2.05, 4.69) is 10.3 Å². The van der Waals surface area contributed by atoms with Gasteiger partial charge in [0, 0.05) is 6.54 Å². The maximum absolute atomic E-state index is 13.7. The third-order valence-electron chi connectivity index (χ3n) is 4.08. The first-order chi connectivity index (χ1) is 14.4. The minimum Gasteiger partial charge on any atom is -0.431 e. The predicted octanol–water partition coefficient (Wildman–Crippen LogP) is 4.21. The van der Waals surface area contributed by atoms with E-state index < -0.39 is 29.0 Å². The van der Waals surface area contributed by atoms with E-state index in [0.717, 1.165) is 17.8 Å². The minimum atomic E-state index is -1.68. The zero-order valence-electron chi connectivity index (χ0n) is 16.0. The Kier molecular flexibility index (Phi) is 6.99. The number of hydrogen-bond acceptors (Lipinski definition) is 5. The molecule has 0 aliphatic rings. The van der Waals surface area contributed by atoms with E-state index in [9.17, 15) is 22.8 Å². The Morgan fingerprint density at radius 2 is 1.90 bits per heavy atom. The lowest BCUT2D eigenvalue weighted by atomic mass is 10.2. The van der Waals surface area contributed by atoms with Crippen molar-refractivity contribution in [2.45, 2.75) is 18.6 Å². The van der Waals surface area contributed by atoms with Crippen LogP contribution in [0.4, 0.5) is 18.9 Å². The van der Waals surface area contributed by atoms with Crippen molar-refractivity contribution in [3.8, 4) is 0 Å². The molecule has 30 heavy (non-hydrogen) atoms. The lowest BCUT2D eigenvalue weighted by molar-refractivity contribution is -0.132. The summed E-state index contributed by atoms with van der Waals surface area (Å²) in [6.45, 7) is 1.76. The molecule has 1 N–H and O–H groups in total. The molecule has 0 unspecified atom stereocenters. The number of aromatic nitrogens is 1. The SMILES string of the molecule is CCCN(CC(=O)Nc1ccc(F)c(F)c1F)C(=O)CSc1nc2ccccc2o1. The molecule has 1 aromatic heterocycles. The van der Waals surface area contributed by atoms with Crippen molar-refractivity contribution in [1.82, 2.24) is 9.88 Å². The molecule has 0 saturated carbocycles. The Balaban J connectivity index is 1.60. The van der Waals surface area contributed by atoms with Gasteiger partial charge in [0.25, 0.3) is 5.22 Å². The number of para-hydroxylation sites is 2. The molecule has 0 bridgehead atoms. The topological polar surface area (TPSA) is 75.4 Å². The Morgan fingerprint density at radius 1 is 1.13 bits per heavy atom. The van der Waals surface area contributed by atoms with E-state index >= 15 is 0 Å². The highest BCUT2D eigenvalue weighted by atomic mass is 32.2. The normalized spacial score (nSPS) is 10.9. The van der Waals surface area contributed by atoms with E-state index in [-0.39, 0.29) is 18.2 Å². The summed E-state index contributed by atoms with van der Waals surface area (Å²) in [5, 5.41) is 2.49. The quantitative estimate of drug-likeness (QED) is 0.422. The van der Waals surface area contributed by atoms with Gasteiger partial charge in [-0.25, -0.2) is 18.2 Å². The van der Waals surface area contributed by atoms with Crippen LogP contribution in [0.15, 0.2) is 46.0 Å². The average molecular weight is 437 g/mol. The van der Waals surface area contributed by atoms with Crippen LogP contribution in [-0.4, -0.2) is 40.5 Å². The van der Waals surface area contributed by atoms with Crippen molar-refractivity contribution in [2.75, 3.05) is 24.2 Å². The number of hydrogen-bond donors (Lipinski definition) is 1. The maximum Gasteiger partial charge on any atom is 0.257 e. The van der Waals surface area contributed by atoms with Gasteiger partial charge < -0.3 is 14.6 Å². The highest BCUT2D eigenvalue weighted by Crippen LogP contribution is 2.23. The zero-order chi connectivity index (χ0) is 21.7. The molecule has 0 fully saturated rings.